The number of thiazole rings is 1. The van der Waals surface area contributed by atoms with Crippen molar-refractivity contribution in [2.75, 3.05) is 19.5 Å². The zero-order valence-corrected chi connectivity index (χ0v) is 26.9. The van der Waals surface area contributed by atoms with E-state index in [0.717, 1.165) is 56.6 Å². The number of halogens is 1. The standard InChI is InChI=1S/C33H38ClN3O5S/c1-18-13-19(2)31-22(20(18)3)14-25(37(31)17-29(38)39)32(40)36-33-35-30(23-15-27(42-5)24(34)16-26(23)41-4)28(43-33)12-11-21-9-7-6-8-10-21/h13-16,21H,6-12,17H2,1-5H3,(H,38,39)(H,35,36,40). The molecular formula is C33H38ClN3O5S. The van der Waals surface area contributed by atoms with E-state index in [-0.39, 0.29) is 12.2 Å². The smallest absolute Gasteiger partial charge is 0.323 e. The topological polar surface area (TPSA) is 103 Å². The number of carboxylic acid groups (broad SMARTS) is 1. The van der Waals surface area contributed by atoms with Gasteiger partial charge in [-0.1, -0.05) is 49.8 Å². The summed E-state index contributed by atoms with van der Waals surface area (Å²) in [4.78, 5) is 31.6. The van der Waals surface area contributed by atoms with Crippen LogP contribution in [0.2, 0.25) is 5.02 Å². The van der Waals surface area contributed by atoms with Gasteiger partial charge in [0.2, 0.25) is 0 Å². The maximum absolute atomic E-state index is 13.8. The first-order chi connectivity index (χ1) is 20.6. The van der Waals surface area contributed by atoms with Gasteiger partial charge >= 0.3 is 5.97 Å². The fourth-order valence-corrected chi connectivity index (χ4v) is 7.48. The third kappa shape index (κ3) is 6.38. The van der Waals surface area contributed by atoms with Crippen LogP contribution in [0.25, 0.3) is 22.2 Å². The second-order valence-electron chi connectivity index (χ2n) is 11.4. The predicted molar refractivity (Wildman–Crippen MR) is 172 cm³/mol. The van der Waals surface area contributed by atoms with Gasteiger partial charge < -0.3 is 19.1 Å². The normalized spacial score (nSPS) is 13.8. The highest BCUT2D eigenvalue weighted by Crippen LogP contribution is 2.43. The highest BCUT2D eigenvalue weighted by Gasteiger charge is 2.25. The fraction of sp³-hybridized carbons (Fsp3) is 0.424. The molecule has 228 valence electrons. The summed E-state index contributed by atoms with van der Waals surface area (Å²) >= 11 is 7.84. The molecule has 0 radical (unpaired) electrons. The van der Waals surface area contributed by atoms with Gasteiger partial charge in [0.25, 0.3) is 5.91 Å². The van der Waals surface area contributed by atoms with E-state index in [4.69, 9.17) is 26.1 Å². The maximum Gasteiger partial charge on any atom is 0.323 e. The van der Waals surface area contributed by atoms with Gasteiger partial charge in [-0.2, -0.15) is 0 Å². The third-order valence-electron chi connectivity index (χ3n) is 8.58. The van der Waals surface area contributed by atoms with E-state index >= 15 is 0 Å². The number of hydrogen-bond donors (Lipinski definition) is 2. The number of aromatic nitrogens is 2. The lowest BCUT2D eigenvalue weighted by Crippen LogP contribution is -2.20. The van der Waals surface area contributed by atoms with Gasteiger partial charge in [0.05, 0.1) is 30.5 Å². The minimum atomic E-state index is -1.02. The molecule has 4 aromatic rings. The number of fused-ring (bicyclic) bond motifs is 1. The average Bonchev–Trinajstić information content (AvgIpc) is 3.56. The van der Waals surface area contributed by atoms with Gasteiger partial charge in [-0.3, -0.25) is 14.9 Å². The van der Waals surface area contributed by atoms with Crippen LogP contribution < -0.4 is 14.8 Å². The van der Waals surface area contributed by atoms with Gasteiger partial charge in [0.1, 0.15) is 23.7 Å². The van der Waals surface area contributed by atoms with E-state index < -0.39 is 11.9 Å². The zero-order chi connectivity index (χ0) is 30.8. The molecule has 2 N–H and O–H groups in total. The van der Waals surface area contributed by atoms with Crippen LogP contribution in [0.3, 0.4) is 0 Å². The predicted octanol–water partition coefficient (Wildman–Crippen LogP) is 8.21. The molecule has 0 atom stereocenters. The van der Waals surface area contributed by atoms with Crippen molar-refractivity contribution in [3.05, 3.63) is 56.5 Å². The van der Waals surface area contributed by atoms with Crippen molar-refractivity contribution in [2.24, 2.45) is 5.92 Å². The van der Waals surface area contributed by atoms with Gasteiger partial charge in [0.15, 0.2) is 5.13 Å². The number of carbonyl (C=O) groups is 2. The Balaban J connectivity index is 1.55. The largest absolute Gasteiger partial charge is 0.496 e. The van der Waals surface area contributed by atoms with Crippen LogP contribution in [0.4, 0.5) is 5.13 Å². The number of benzene rings is 2. The molecule has 5 rings (SSSR count). The zero-order valence-electron chi connectivity index (χ0n) is 25.3. The Morgan fingerprint density at radius 3 is 2.44 bits per heavy atom. The van der Waals surface area contributed by atoms with Gasteiger partial charge in [0, 0.05) is 21.9 Å². The number of carbonyl (C=O) groups excluding carboxylic acids is 1. The summed E-state index contributed by atoms with van der Waals surface area (Å²) in [5, 5.41) is 14.4. The van der Waals surface area contributed by atoms with Crippen molar-refractivity contribution in [2.45, 2.75) is 72.3 Å². The van der Waals surface area contributed by atoms with Gasteiger partial charge in [-0.25, -0.2) is 4.98 Å². The molecule has 2 heterocycles. The van der Waals surface area contributed by atoms with Crippen molar-refractivity contribution in [1.82, 2.24) is 9.55 Å². The summed E-state index contributed by atoms with van der Waals surface area (Å²) in [6.07, 6.45) is 8.18. The Hall–Kier alpha value is -3.56. The number of anilines is 1. The Morgan fingerprint density at radius 2 is 1.77 bits per heavy atom. The van der Waals surface area contributed by atoms with Crippen LogP contribution in [0.15, 0.2) is 24.3 Å². The number of hydrogen-bond acceptors (Lipinski definition) is 6. The Kier molecular flexibility index (Phi) is 9.32. The molecule has 1 fully saturated rings. The molecule has 0 bridgehead atoms. The monoisotopic (exact) mass is 623 g/mol. The summed E-state index contributed by atoms with van der Waals surface area (Å²) in [7, 11) is 3.15. The van der Waals surface area contributed by atoms with Crippen LogP contribution in [0, 0.1) is 26.7 Å². The van der Waals surface area contributed by atoms with Crippen LogP contribution in [-0.4, -0.2) is 40.8 Å². The first-order valence-electron chi connectivity index (χ1n) is 14.7. The molecule has 10 heteroatoms. The third-order valence-corrected chi connectivity index (χ3v) is 9.90. The number of nitrogens with zero attached hydrogens (tertiary/aromatic N) is 2. The minimum Gasteiger partial charge on any atom is -0.496 e. The molecule has 0 spiro atoms. The molecule has 43 heavy (non-hydrogen) atoms. The molecule has 0 aliphatic heterocycles. The van der Waals surface area contributed by atoms with Crippen molar-refractivity contribution < 1.29 is 24.2 Å². The summed E-state index contributed by atoms with van der Waals surface area (Å²) in [6.45, 7) is 5.62. The number of aliphatic carboxylic acids is 1. The Morgan fingerprint density at radius 1 is 1.05 bits per heavy atom. The van der Waals surface area contributed by atoms with E-state index in [1.54, 1.807) is 30.9 Å². The number of carboxylic acids is 1. The molecule has 1 amide bonds. The number of methoxy groups -OCH3 is 2. The highest BCUT2D eigenvalue weighted by atomic mass is 35.5. The Labute approximate surface area is 261 Å². The van der Waals surface area contributed by atoms with E-state index in [9.17, 15) is 14.7 Å². The molecule has 1 aliphatic carbocycles. The molecule has 1 aliphatic rings. The van der Waals surface area contributed by atoms with Crippen molar-refractivity contribution >= 4 is 50.8 Å². The van der Waals surface area contributed by atoms with E-state index in [0.29, 0.717) is 27.6 Å². The van der Waals surface area contributed by atoms with Crippen LogP contribution in [-0.2, 0) is 17.8 Å². The molecule has 8 nitrogen and oxygen atoms in total. The van der Waals surface area contributed by atoms with Crippen LogP contribution in [0.5, 0.6) is 11.5 Å². The minimum absolute atomic E-state index is 0.278. The number of nitrogens with one attached hydrogen (secondary N) is 1. The fourth-order valence-electron chi connectivity index (χ4n) is 6.26. The number of rotatable bonds is 10. The number of amides is 1. The summed E-state index contributed by atoms with van der Waals surface area (Å²) in [5.74, 6) is 0.317. The molecular weight excluding hydrogens is 586 g/mol. The average molecular weight is 624 g/mol. The molecule has 1 saturated carbocycles. The first kappa shape index (κ1) is 30.9. The van der Waals surface area contributed by atoms with Crippen molar-refractivity contribution in [3.8, 4) is 22.8 Å². The SMILES string of the molecule is COc1cc(-c2nc(NC(=O)c3cc4c(C)c(C)cc(C)c4n3CC(=O)O)sc2CCC2CCCCC2)c(OC)cc1Cl. The summed E-state index contributed by atoms with van der Waals surface area (Å²) < 4.78 is 12.8. The second kappa shape index (κ2) is 13.0. The quantitative estimate of drug-likeness (QED) is 0.185. The summed E-state index contributed by atoms with van der Waals surface area (Å²) in [5.41, 5.74) is 5.51. The molecule has 2 aromatic carbocycles. The first-order valence-corrected chi connectivity index (χ1v) is 15.9. The van der Waals surface area contributed by atoms with Crippen LogP contribution in [0.1, 0.15) is 70.6 Å². The number of aryl methyl sites for hydroxylation is 4. The van der Waals surface area contributed by atoms with E-state index in [2.05, 4.69) is 5.32 Å². The van der Waals surface area contributed by atoms with E-state index in [1.165, 1.54) is 43.4 Å². The van der Waals surface area contributed by atoms with Gasteiger partial charge in [-0.15, -0.1) is 11.3 Å². The van der Waals surface area contributed by atoms with E-state index in [1.807, 2.05) is 32.9 Å². The second-order valence-corrected chi connectivity index (χ2v) is 12.9. The van der Waals surface area contributed by atoms with Crippen molar-refractivity contribution in [3.63, 3.8) is 0 Å². The summed E-state index contributed by atoms with van der Waals surface area (Å²) in [6, 6.07) is 7.35. The highest BCUT2D eigenvalue weighted by molar-refractivity contribution is 7.16. The lowest BCUT2D eigenvalue weighted by molar-refractivity contribution is -0.137. The Bertz CT molecular complexity index is 1690. The lowest BCUT2D eigenvalue weighted by Gasteiger charge is -2.21. The molecule has 0 unspecified atom stereocenters. The van der Waals surface area contributed by atoms with Crippen LogP contribution >= 0.6 is 22.9 Å². The van der Waals surface area contributed by atoms with Crippen molar-refractivity contribution in [1.29, 1.82) is 0 Å². The maximum atomic E-state index is 13.8. The van der Waals surface area contributed by atoms with Gasteiger partial charge in [-0.05, 0) is 68.4 Å². The lowest BCUT2D eigenvalue weighted by atomic mass is 9.86. The molecule has 2 aromatic heterocycles. The number of ether oxygens (including phenoxy) is 2. The molecule has 0 saturated heterocycles.